The highest BCUT2D eigenvalue weighted by molar-refractivity contribution is 4.56. The third-order valence-corrected chi connectivity index (χ3v) is 12.0. The second-order valence-electron chi connectivity index (χ2n) is 17.6. The first-order valence-electron chi connectivity index (χ1n) is 25.6. The van der Waals surface area contributed by atoms with Crippen molar-refractivity contribution in [2.24, 2.45) is 0 Å². The number of rotatable bonds is 50. The molecule has 0 aromatic rings. The van der Waals surface area contributed by atoms with E-state index in [1.54, 1.807) is 0 Å². The van der Waals surface area contributed by atoms with Gasteiger partial charge in [-0.25, -0.2) is 0 Å². The Balaban J connectivity index is 3.22. The van der Waals surface area contributed by atoms with Gasteiger partial charge in [0.15, 0.2) is 0 Å². The average Bonchev–Trinajstić information content (AvgIpc) is 3.19. The molecule has 54 heavy (non-hydrogen) atoms. The second-order valence-corrected chi connectivity index (χ2v) is 17.6. The van der Waals surface area contributed by atoms with Gasteiger partial charge in [-0.15, -0.1) is 0 Å². The van der Waals surface area contributed by atoms with Crippen LogP contribution in [0, 0.1) is 0 Å². The van der Waals surface area contributed by atoms with E-state index in [1.165, 1.54) is 270 Å². The summed E-state index contributed by atoms with van der Waals surface area (Å²) in [5.74, 6) is 0. The Kier molecular flexibility index (Phi) is 50.8. The number of aliphatic hydroxyl groups is 1. The smallest absolute Gasteiger partial charge is 0.104 e. The van der Waals surface area contributed by atoms with Crippen molar-refractivity contribution in [1.82, 2.24) is 0 Å². The van der Waals surface area contributed by atoms with Crippen LogP contribution in [0.15, 0.2) is 0 Å². The van der Waals surface area contributed by atoms with E-state index < -0.39 is 0 Å². The van der Waals surface area contributed by atoms with Gasteiger partial charge in [-0.1, -0.05) is 284 Å². The van der Waals surface area contributed by atoms with Crippen molar-refractivity contribution in [3.05, 3.63) is 0 Å². The normalized spacial score (nSPS) is 12.3. The molecule has 0 saturated carbocycles. The lowest BCUT2D eigenvalue weighted by Gasteiger charge is -2.15. The van der Waals surface area contributed by atoms with E-state index in [0.717, 1.165) is 26.1 Å². The third kappa shape index (κ3) is 48.0. The summed E-state index contributed by atoms with van der Waals surface area (Å²) in [7, 11) is 0. The van der Waals surface area contributed by atoms with Crippen molar-refractivity contribution in [3.8, 4) is 0 Å². The predicted molar refractivity (Wildman–Crippen MR) is 242 cm³/mol. The Bertz CT molecular complexity index is 624. The van der Waals surface area contributed by atoms with Gasteiger partial charge in [-0.05, 0) is 12.8 Å². The minimum atomic E-state index is -0.153. The fourth-order valence-electron chi connectivity index (χ4n) is 8.14. The molecule has 0 heterocycles. The first-order valence-corrected chi connectivity index (χ1v) is 25.6. The quantitative estimate of drug-likeness (QED) is 0.0627. The Hall–Kier alpha value is -0.120. The van der Waals surface area contributed by atoms with Crippen molar-refractivity contribution in [2.45, 2.75) is 302 Å². The fourth-order valence-corrected chi connectivity index (χ4v) is 8.14. The Morgan fingerprint density at radius 2 is 0.481 bits per heavy atom. The molecule has 0 aromatic carbocycles. The first-order chi connectivity index (χ1) is 26.8. The number of ether oxygens (including phenoxy) is 2. The monoisotopic (exact) mass is 765 g/mol. The van der Waals surface area contributed by atoms with Crippen LogP contribution in [0.1, 0.15) is 296 Å². The number of unbranched alkanes of at least 4 members (excludes halogenated alkanes) is 42. The molecule has 0 aromatic heterocycles. The maximum absolute atomic E-state index is 9.68. The number of hydrogen-bond donors (Lipinski definition) is 1. The molecule has 0 aliphatic carbocycles. The number of aliphatic hydroxyl groups excluding tert-OH is 1. The van der Waals surface area contributed by atoms with Gasteiger partial charge in [-0.2, -0.15) is 0 Å². The molecule has 0 radical (unpaired) electrons. The molecule has 0 amide bonds. The van der Waals surface area contributed by atoms with Crippen LogP contribution in [0.5, 0.6) is 0 Å². The molecule has 326 valence electrons. The molecule has 0 aliphatic rings. The van der Waals surface area contributed by atoms with Gasteiger partial charge < -0.3 is 14.6 Å². The minimum Gasteiger partial charge on any atom is -0.394 e. The summed E-state index contributed by atoms with van der Waals surface area (Å²) in [6, 6.07) is 0. The molecule has 3 nitrogen and oxygen atoms in total. The van der Waals surface area contributed by atoms with E-state index in [9.17, 15) is 5.11 Å². The standard InChI is InChI=1S/C51H104O3/c1-3-5-7-9-11-13-15-17-19-21-23-25-27-29-31-33-35-37-39-41-43-45-47-53-50-51(49-52)54-48-46-44-42-40-38-36-34-32-30-28-26-24-22-20-18-16-14-12-10-8-6-4-2/h51-52H,3-50H2,1-2H3/t51-/m1/s1. The van der Waals surface area contributed by atoms with Crippen LogP contribution in [-0.4, -0.2) is 37.6 Å². The second kappa shape index (κ2) is 50.9. The summed E-state index contributed by atoms with van der Waals surface area (Å²) in [4.78, 5) is 0. The molecule has 0 aliphatic heterocycles. The van der Waals surface area contributed by atoms with E-state index >= 15 is 0 Å². The SMILES string of the molecule is CCCCCCCCCCCCCCCCCCCCCCCCOC[C@@H](CO)OCCCCCCCCCCCCCCCCCCCCCCCC. The Morgan fingerprint density at radius 3 is 0.704 bits per heavy atom. The highest BCUT2D eigenvalue weighted by Crippen LogP contribution is 2.17. The molecule has 0 rings (SSSR count). The summed E-state index contributed by atoms with van der Waals surface area (Å²) in [6.45, 7) is 6.77. The molecule has 1 N–H and O–H groups in total. The molecule has 0 spiro atoms. The van der Waals surface area contributed by atoms with Gasteiger partial charge in [-0.3, -0.25) is 0 Å². The molecule has 0 fully saturated rings. The molecular formula is C51H104O3. The summed E-state index contributed by atoms with van der Waals surface area (Å²) in [6.07, 6.45) is 62.1. The van der Waals surface area contributed by atoms with Gasteiger partial charge >= 0.3 is 0 Å². The van der Waals surface area contributed by atoms with Gasteiger partial charge in [0.1, 0.15) is 6.10 Å². The third-order valence-electron chi connectivity index (χ3n) is 12.0. The highest BCUT2D eigenvalue weighted by Gasteiger charge is 2.08. The van der Waals surface area contributed by atoms with Crippen molar-refractivity contribution in [1.29, 1.82) is 0 Å². The molecule has 0 bridgehead atoms. The zero-order valence-corrected chi connectivity index (χ0v) is 37.8. The lowest BCUT2D eigenvalue weighted by molar-refractivity contribution is -0.0437. The van der Waals surface area contributed by atoms with E-state index in [-0.39, 0.29) is 12.7 Å². The van der Waals surface area contributed by atoms with E-state index in [0.29, 0.717) is 6.61 Å². The van der Waals surface area contributed by atoms with Crippen LogP contribution in [0.2, 0.25) is 0 Å². The van der Waals surface area contributed by atoms with Crippen molar-refractivity contribution in [2.75, 3.05) is 26.4 Å². The first kappa shape index (κ1) is 53.9. The van der Waals surface area contributed by atoms with Crippen LogP contribution in [-0.2, 0) is 9.47 Å². The largest absolute Gasteiger partial charge is 0.394 e. The van der Waals surface area contributed by atoms with Crippen molar-refractivity contribution >= 4 is 0 Å². The van der Waals surface area contributed by atoms with Crippen molar-refractivity contribution < 1.29 is 14.6 Å². The fraction of sp³-hybridized carbons (Fsp3) is 1.00. The van der Waals surface area contributed by atoms with Gasteiger partial charge in [0, 0.05) is 13.2 Å². The summed E-state index contributed by atoms with van der Waals surface area (Å²) in [5.41, 5.74) is 0. The summed E-state index contributed by atoms with van der Waals surface area (Å²) < 4.78 is 11.8. The lowest BCUT2D eigenvalue weighted by atomic mass is 10.0. The molecule has 3 heteroatoms. The maximum atomic E-state index is 9.68. The Labute approximate surface area is 342 Å². The topological polar surface area (TPSA) is 38.7 Å². The van der Waals surface area contributed by atoms with Gasteiger partial charge in [0.05, 0.1) is 13.2 Å². The van der Waals surface area contributed by atoms with E-state index in [2.05, 4.69) is 13.8 Å². The van der Waals surface area contributed by atoms with Gasteiger partial charge in [0.2, 0.25) is 0 Å². The zero-order chi connectivity index (χ0) is 38.9. The average molecular weight is 765 g/mol. The van der Waals surface area contributed by atoms with E-state index in [4.69, 9.17) is 9.47 Å². The number of hydrogen-bond acceptors (Lipinski definition) is 3. The molecule has 0 unspecified atom stereocenters. The van der Waals surface area contributed by atoms with Crippen LogP contribution < -0.4 is 0 Å². The zero-order valence-electron chi connectivity index (χ0n) is 37.8. The van der Waals surface area contributed by atoms with Crippen LogP contribution in [0.25, 0.3) is 0 Å². The molecule has 1 atom stereocenters. The van der Waals surface area contributed by atoms with Crippen LogP contribution in [0.4, 0.5) is 0 Å². The van der Waals surface area contributed by atoms with Gasteiger partial charge in [0.25, 0.3) is 0 Å². The van der Waals surface area contributed by atoms with Crippen LogP contribution in [0.3, 0.4) is 0 Å². The molecule has 0 saturated heterocycles. The highest BCUT2D eigenvalue weighted by atomic mass is 16.5. The maximum Gasteiger partial charge on any atom is 0.104 e. The van der Waals surface area contributed by atoms with E-state index in [1.807, 2.05) is 0 Å². The lowest BCUT2D eigenvalue weighted by Crippen LogP contribution is -2.24. The van der Waals surface area contributed by atoms with Crippen molar-refractivity contribution in [3.63, 3.8) is 0 Å². The summed E-state index contributed by atoms with van der Waals surface area (Å²) in [5, 5.41) is 9.68. The predicted octanol–water partition coefficient (Wildman–Crippen LogP) is 17.6. The molecular weight excluding hydrogens is 661 g/mol. The minimum absolute atomic E-state index is 0.0681. The summed E-state index contributed by atoms with van der Waals surface area (Å²) >= 11 is 0. The Morgan fingerprint density at radius 1 is 0.278 bits per heavy atom. The van der Waals surface area contributed by atoms with Crippen LogP contribution >= 0.6 is 0 Å².